The zero-order chi connectivity index (χ0) is 34.1. The van der Waals surface area contributed by atoms with Crippen LogP contribution in [0, 0.1) is 13.8 Å². The van der Waals surface area contributed by atoms with E-state index in [0.717, 1.165) is 38.8 Å². The van der Waals surface area contributed by atoms with Gasteiger partial charge in [-0.15, -0.1) is 0 Å². The van der Waals surface area contributed by atoms with Crippen LogP contribution in [-0.4, -0.2) is 14.5 Å². The Balaban J connectivity index is 1.05. The highest BCUT2D eigenvalue weighted by Gasteiger charge is 2.16. The third-order valence-corrected chi connectivity index (χ3v) is 10.5. The maximum atomic E-state index is 5.25. The Kier molecular flexibility index (Phi) is 6.62. The molecule has 2 heterocycles. The first-order valence-electron chi connectivity index (χ1n) is 17.5. The van der Waals surface area contributed by atoms with Gasteiger partial charge in [0.15, 0.2) is 0 Å². The summed E-state index contributed by atoms with van der Waals surface area (Å²) in [5.41, 5.74) is 14.7. The van der Waals surface area contributed by atoms with Crippen molar-refractivity contribution in [3.63, 3.8) is 0 Å². The fourth-order valence-electron chi connectivity index (χ4n) is 8.06. The van der Waals surface area contributed by atoms with E-state index in [-0.39, 0.29) is 0 Å². The van der Waals surface area contributed by atoms with Gasteiger partial charge < -0.3 is 4.57 Å². The molecule has 10 rings (SSSR count). The number of hydrogen-bond donors (Lipinski definition) is 0. The molecule has 0 aliphatic carbocycles. The second-order valence-electron chi connectivity index (χ2n) is 13.5. The number of nitrogens with zero attached hydrogens (tertiary/aromatic N) is 3. The summed E-state index contributed by atoms with van der Waals surface area (Å²) in [4.78, 5) is 10.3. The fourth-order valence-corrected chi connectivity index (χ4v) is 8.06. The predicted octanol–water partition coefficient (Wildman–Crippen LogP) is 12.7. The van der Waals surface area contributed by atoms with Crippen LogP contribution in [0.2, 0.25) is 0 Å². The number of aromatic nitrogens is 3. The van der Waals surface area contributed by atoms with Crippen molar-refractivity contribution in [3.05, 3.63) is 175 Å². The summed E-state index contributed by atoms with van der Waals surface area (Å²) in [5.74, 6) is 0. The molecule has 10 aromatic rings. The van der Waals surface area contributed by atoms with Gasteiger partial charge in [-0.2, -0.15) is 0 Å². The van der Waals surface area contributed by atoms with Crippen LogP contribution >= 0.6 is 0 Å². The molecule has 0 aliphatic rings. The number of fused-ring (bicyclic) bond motifs is 9. The standard InChI is InChI=1S/C48H33N3/c1-30-26-43(33-14-12-16-35(28-33)51-45-23-9-7-19-38(45)39-20-8-10-24-46(39)51)31(2)25-42(30)32-13-11-15-34(27-32)44-29-49-47-40-21-5-3-17-36(40)37-18-4-6-22-41(37)48(47)50-44/h3-29H,1-2H3. The molecule has 0 saturated heterocycles. The van der Waals surface area contributed by atoms with Gasteiger partial charge in [0, 0.05) is 32.8 Å². The van der Waals surface area contributed by atoms with Gasteiger partial charge in [-0.25, -0.2) is 4.98 Å². The van der Waals surface area contributed by atoms with Crippen molar-refractivity contribution in [3.8, 4) is 39.2 Å². The van der Waals surface area contributed by atoms with Gasteiger partial charge in [-0.3, -0.25) is 4.98 Å². The van der Waals surface area contributed by atoms with Crippen molar-refractivity contribution in [1.29, 1.82) is 0 Å². The van der Waals surface area contributed by atoms with Crippen molar-refractivity contribution >= 4 is 54.4 Å². The third kappa shape index (κ3) is 4.66. The Labute approximate surface area is 296 Å². The van der Waals surface area contributed by atoms with Crippen LogP contribution in [0.4, 0.5) is 0 Å². The Bertz CT molecular complexity index is 2920. The summed E-state index contributed by atoms with van der Waals surface area (Å²) in [7, 11) is 0. The lowest BCUT2D eigenvalue weighted by atomic mass is 9.91. The van der Waals surface area contributed by atoms with Gasteiger partial charge in [0.05, 0.1) is 34.0 Å². The van der Waals surface area contributed by atoms with Crippen LogP contribution in [-0.2, 0) is 0 Å². The molecule has 0 N–H and O–H groups in total. The van der Waals surface area contributed by atoms with Crippen molar-refractivity contribution in [2.45, 2.75) is 13.8 Å². The first kappa shape index (κ1) is 29.3. The number of aryl methyl sites for hydroxylation is 2. The topological polar surface area (TPSA) is 30.7 Å². The molecule has 0 aliphatic heterocycles. The smallest absolute Gasteiger partial charge is 0.0979 e. The molecule has 0 spiro atoms. The highest BCUT2D eigenvalue weighted by Crippen LogP contribution is 2.38. The van der Waals surface area contributed by atoms with Crippen molar-refractivity contribution in [2.75, 3.05) is 0 Å². The average Bonchev–Trinajstić information content (AvgIpc) is 3.53. The molecular weight excluding hydrogens is 619 g/mol. The summed E-state index contributed by atoms with van der Waals surface area (Å²) in [6.45, 7) is 4.44. The summed E-state index contributed by atoms with van der Waals surface area (Å²) < 4.78 is 2.39. The lowest BCUT2D eigenvalue weighted by Crippen LogP contribution is -1.95. The van der Waals surface area contributed by atoms with E-state index in [9.17, 15) is 0 Å². The van der Waals surface area contributed by atoms with E-state index < -0.39 is 0 Å². The summed E-state index contributed by atoms with van der Waals surface area (Å²) in [6.07, 6.45) is 1.92. The maximum absolute atomic E-state index is 5.25. The fraction of sp³-hybridized carbons (Fsp3) is 0.0417. The quantitative estimate of drug-likeness (QED) is 0.177. The van der Waals surface area contributed by atoms with Crippen LogP contribution in [0.3, 0.4) is 0 Å². The van der Waals surface area contributed by atoms with Crippen LogP contribution < -0.4 is 0 Å². The van der Waals surface area contributed by atoms with Crippen LogP contribution in [0.1, 0.15) is 11.1 Å². The van der Waals surface area contributed by atoms with E-state index in [1.54, 1.807) is 0 Å². The van der Waals surface area contributed by atoms with Gasteiger partial charge in [-0.05, 0) is 88.3 Å². The predicted molar refractivity (Wildman–Crippen MR) is 215 cm³/mol. The normalized spacial score (nSPS) is 11.7. The monoisotopic (exact) mass is 651 g/mol. The van der Waals surface area contributed by atoms with Crippen LogP contribution in [0.5, 0.6) is 0 Å². The third-order valence-electron chi connectivity index (χ3n) is 10.5. The molecule has 0 fully saturated rings. The molecule has 0 radical (unpaired) electrons. The molecular formula is C48H33N3. The molecule has 240 valence electrons. The Morgan fingerprint density at radius 3 is 1.53 bits per heavy atom. The average molecular weight is 652 g/mol. The Hall–Kier alpha value is -6.58. The van der Waals surface area contributed by atoms with Crippen molar-refractivity contribution in [2.24, 2.45) is 0 Å². The zero-order valence-electron chi connectivity index (χ0n) is 28.4. The highest BCUT2D eigenvalue weighted by molar-refractivity contribution is 6.23. The first-order chi connectivity index (χ1) is 25.1. The van der Waals surface area contributed by atoms with Crippen LogP contribution in [0.15, 0.2) is 164 Å². The first-order valence-corrected chi connectivity index (χ1v) is 17.5. The van der Waals surface area contributed by atoms with Crippen molar-refractivity contribution < 1.29 is 0 Å². The SMILES string of the molecule is Cc1cc(-c2cccc(-n3c4ccccc4c4ccccc43)c2)c(C)cc1-c1cccc(-c2cnc3c4ccccc4c4ccccc4c3n2)c1. The summed E-state index contributed by atoms with van der Waals surface area (Å²) in [5, 5.41) is 7.21. The highest BCUT2D eigenvalue weighted by atomic mass is 15.0. The molecule has 0 saturated carbocycles. The minimum absolute atomic E-state index is 0.873. The minimum Gasteiger partial charge on any atom is -0.309 e. The number of hydrogen-bond acceptors (Lipinski definition) is 2. The lowest BCUT2D eigenvalue weighted by Gasteiger charge is -2.15. The molecule has 8 aromatic carbocycles. The zero-order valence-corrected chi connectivity index (χ0v) is 28.4. The minimum atomic E-state index is 0.873. The van der Waals surface area contributed by atoms with Crippen LogP contribution in [0.25, 0.3) is 93.6 Å². The summed E-state index contributed by atoms with van der Waals surface area (Å²) >= 11 is 0. The lowest BCUT2D eigenvalue weighted by molar-refractivity contribution is 1.18. The largest absolute Gasteiger partial charge is 0.309 e. The second kappa shape index (κ2) is 11.5. The molecule has 0 atom stereocenters. The van der Waals surface area contributed by atoms with Gasteiger partial charge in [0.2, 0.25) is 0 Å². The molecule has 3 nitrogen and oxygen atoms in total. The molecule has 2 aromatic heterocycles. The molecule has 51 heavy (non-hydrogen) atoms. The Morgan fingerprint density at radius 1 is 0.412 bits per heavy atom. The van der Waals surface area contributed by atoms with E-state index in [2.05, 4.69) is 176 Å². The summed E-state index contributed by atoms with van der Waals surface area (Å²) in [6, 6.07) is 56.7. The van der Waals surface area contributed by atoms with Gasteiger partial charge >= 0.3 is 0 Å². The van der Waals surface area contributed by atoms with E-state index >= 15 is 0 Å². The van der Waals surface area contributed by atoms with Gasteiger partial charge in [-0.1, -0.05) is 127 Å². The molecule has 0 amide bonds. The molecule has 3 heteroatoms. The van der Waals surface area contributed by atoms with E-state index in [0.29, 0.717) is 0 Å². The number of benzene rings is 8. The van der Waals surface area contributed by atoms with E-state index in [1.165, 1.54) is 66.0 Å². The maximum Gasteiger partial charge on any atom is 0.0979 e. The molecule has 0 bridgehead atoms. The molecule has 0 unspecified atom stereocenters. The van der Waals surface area contributed by atoms with Gasteiger partial charge in [0.25, 0.3) is 0 Å². The van der Waals surface area contributed by atoms with E-state index in [1.807, 2.05) is 6.20 Å². The van der Waals surface area contributed by atoms with Crippen molar-refractivity contribution in [1.82, 2.24) is 14.5 Å². The second-order valence-corrected chi connectivity index (χ2v) is 13.5. The number of para-hydroxylation sites is 2. The van der Waals surface area contributed by atoms with Gasteiger partial charge in [0.1, 0.15) is 0 Å². The van der Waals surface area contributed by atoms with E-state index in [4.69, 9.17) is 9.97 Å². The number of rotatable bonds is 4. The Morgan fingerprint density at radius 2 is 0.902 bits per heavy atom.